The molecule has 1 aromatic carbocycles. The highest BCUT2D eigenvalue weighted by molar-refractivity contribution is 14.0. The van der Waals surface area contributed by atoms with Crippen molar-refractivity contribution in [2.24, 2.45) is 4.99 Å². The van der Waals surface area contributed by atoms with E-state index in [1.54, 1.807) is 23.5 Å². The van der Waals surface area contributed by atoms with E-state index in [0.29, 0.717) is 30.6 Å². The van der Waals surface area contributed by atoms with Crippen molar-refractivity contribution in [2.45, 2.75) is 25.3 Å². The van der Waals surface area contributed by atoms with Gasteiger partial charge >= 0.3 is 0 Å². The molecule has 0 spiro atoms. The van der Waals surface area contributed by atoms with Gasteiger partial charge in [0.05, 0.1) is 28.7 Å². The molecule has 0 saturated heterocycles. The fourth-order valence-corrected chi connectivity index (χ4v) is 4.25. The van der Waals surface area contributed by atoms with Gasteiger partial charge in [-0.3, -0.25) is 4.99 Å². The van der Waals surface area contributed by atoms with Gasteiger partial charge in [0.2, 0.25) is 10.0 Å². The molecule has 0 aliphatic heterocycles. The van der Waals surface area contributed by atoms with Crippen LogP contribution in [0.5, 0.6) is 0 Å². The minimum absolute atomic E-state index is 0. The summed E-state index contributed by atoms with van der Waals surface area (Å²) in [7, 11) is -1.68. The number of rotatable bonds is 8. The first kappa shape index (κ1) is 25.1. The molecule has 0 radical (unpaired) electrons. The molecule has 0 aliphatic carbocycles. The van der Waals surface area contributed by atoms with Gasteiger partial charge in [-0.25, -0.2) is 18.1 Å². The lowest BCUT2D eigenvalue weighted by molar-refractivity contribution is 0.471. The number of aryl methyl sites for hydroxylation is 1. The molecule has 0 bridgehead atoms. The summed E-state index contributed by atoms with van der Waals surface area (Å²) in [5.41, 5.74) is 0.979. The lowest BCUT2D eigenvalue weighted by Gasteiger charge is -2.21. The van der Waals surface area contributed by atoms with E-state index >= 15 is 0 Å². The number of hydrogen-bond acceptors (Lipinski definition) is 5. The third kappa shape index (κ3) is 7.82. The molecule has 7 nitrogen and oxygen atoms in total. The molecule has 1 aromatic heterocycles. The third-order valence-electron chi connectivity index (χ3n) is 3.53. The van der Waals surface area contributed by atoms with E-state index in [9.17, 15) is 8.42 Å². The van der Waals surface area contributed by atoms with Crippen molar-refractivity contribution < 1.29 is 8.42 Å². The number of thiazole rings is 1. The van der Waals surface area contributed by atoms with E-state index in [2.05, 4.69) is 20.0 Å². The Bertz CT molecular complexity index is 889. The molecule has 0 fully saturated rings. The largest absolute Gasteiger partial charge is 0.357 e. The van der Waals surface area contributed by atoms with Crippen molar-refractivity contribution in [1.29, 1.82) is 0 Å². The van der Waals surface area contributed by atoms with E-state index in [1.807, 2.05) is 31.2 Å². The van der Waals surface area contributed by atoms with Crippen LogP contribution >= 0.6 is 46.9 Å². The van der Waals surface area contributed by atoms with Crippen molar-refractivity contribution in [1.82, 2.24) is 19.9 Å². The average molecular weight is 558 g/mol. The van der Waals surface area contributed by atoms with Gasteiger partial charge in [0.15, 0.2) is 5.96 Å². The van der Waals surface area contributed by atoms with Gasteiger partial charge in [-0.2, -0.15) is 0 Å². The fraction of sp³-hybridized carbons (Fsp3) is 0.412. The number of guanidine groups is 1. The highest BCUT2D eigenvalue weighted by Crippen LogP contribution is 2.15. The molecule has 1 heterocycles. The summed E-state index contributed by atoms with van der Waals surface area (Å²) in [6, 6.07) is 6.16. The maximum Gasteiger partial charge on any atom is 0.240 e. The standard InChI is InChI=1S/C17H24ClN5O2S2.HI/c1-4-19-17(23(3)11-15-12-26-13(2)22-15)20-8-9-21-27(24,25)16-7-5-6-14(18)10-16;/h5-7,10,12,21H,4,8-9,11H2,1-3H3,(H,19,20);1H. The van der Waals surface area contributed by atoms with Crippen LogP contribution in [0, 0.1) is 6.92 Å². The van der Waals surface area contributed by atoms with Crippen LogP contribution in [0.1, 0.15) is 17.6 Å². The molecule has 0 atom stereocenters. The maximum absolute atomic E-state index is 12.3. The van der Waals surface area contributed by atoms with E-state index in [-0.39, 0.29) is 35.4 Å². The monoisotopic (exact) mass is 557 g/mol. The van der Waals surface area contributed by atoms with Crippen LogP contribution in [0.4, 0.5) is 0 Å². The van der Waals surface area contributed by atoms with Gasteiger partial charge < -0.3 is 10.2 Å². The Morgan fingerprint density at radius 2 is 2.14 bits per heavy atom. The minimum Gasteiger partial charge on any atom is -0.357 e. The topological polar surface area (TPSA) is 86.7 Å². The molecule has 2 rings (SSSR count). The molecule has 2 N–H and O–H groups in total. The van der Waals surface area contributed by atoms with Gasteiger partial charge in [-0.05, 0) is 32.0 Å². The van der Waals surface area contributed by atoms with Crippen molar-refractivity contribution in [3.05, 3.63) is 45.4 Å². The number of halogens is 2. The number of hydrogen-bond donors (Lipinski definition) is 2. The molecule has 0 aliphatic rings. The smallest absolute Gasteiger partial charge is 0.240 e. The Hall–Kier alpha value is -0.950. The van der Waals surface area contributed by atoms with Gasteiger partial charge in [0.25, 0.3) is 0 Å². The third-order valence-corrected chi connectivity index (χ3v) is 6.05. The zero-order chi connectivity index (χ0) is 19.9. The first-order valence-electron chi connectivity index (χ1n) is 8.47. The summed E-state index contributed by atoms with van der Waals surface area (Å²) in [4.78, 5) is 11.0. The summed E-state index contributed by atoms with van der Waals surface area (Å²) in [5.74, 6) is 0.699. The van der Waals surface area contributed by atoms with Crippen molar-refractivity contribution in [2.75, 3.05) is 26.7 Å². The first-order valence-corrected chi connectivity index (χ1v) is 11.2. The van der Waals surface area contributed by atoms with Crippen LogP contribution in [0.3, 0.4) is 0 Å². The molecular weight excluding hydrogens is 533 g/mol. The zero-order valence-corrected chi connectivity index (χ0v) is 20.7. The maximum atomic E-state index is 12.3. The molecule has 156 valence electrons. The summed E-state index contributed by atoms with van der Waals surface area (Å²) in [6.07, 6.45) is 0. The number of nitrogens with one attached hydrogen (secondary N) is 2. The van der Waals surface area contributed by atoms with E-state index in [0.717, 1.165) is 10.7 Å². The summed E-state index contributed by atoms with van der Waals surface area (Å²) in [6.45, 7) is 5.80. The number of aromatic nitrogens is 1. The van der Waals surface area contributed by atoms with Crippen LogP contribution in [-0.4, -0.2) is 50.9 Å². The number of nitrogens with zero attached hydrogens (tertiary/aromatic N) is 3. The van der Waals surface area contributed by atoms with Crippen LogP contribution < -0.4 is 10.0 Å². The van der Waals surface area contributed by atoms with Crippen molar-refractivity contribution in [3.8, 4) is 0 Å². The normalized spacial score (nSPS) is 11.8. The Balaban J connectivity index is 0.00000392. The predicted octanol–water partition coefficient (Wildman–Crippen LogP) is 3.10. The molecule has 2 aromatic rings. The summed E-state index contributed by atoms with van der Waals surface area (Å²) in [5, 5.41) is 6.63. The van der Waals surface area contributed by atoms with Gasteiger partial charge in [0.1, 0.15) is 0 Å². The fourth-order valence-electron chi connectivity index (χ4n) is 2.33. The van der Waals surface area contributed by atoms with E-state index in [1.165, 1.54) is 12.1 Å². The Labute approximate surface area is 192 Å². The molecular formula is C17H25ClIN5O2S2. The van der Waals surface area contributed by atoms with Gasteiger partial charge in [-0.1, -0.05) is 17.7 Å². The predicted molar refractivity (Wildman–Crippen MR) is 126 cm³/mol. The second-order valence-electron chi connectivity index (χ2n) is 5.80. The van der Waals surface area contributed by atoms with Crippen molar-refractivity contribution >= 4 is 62.9 Å². The molecule has 0 amide bonds. The van der Waals surface area contributed by atoms with Gasteiger partial charge in [0, 0.05) is 30.5 Å². The van der Waals surface area contributed by atoms with Crippen LogP contribution in [0.25, 0.3) is 0 Å². The van der Waals surface area contributed by atoms with Crippen LogP contribution in [0.15, 0.2) is 39.5 Å². The summed E-state index contributed by atoms with van der Waals surface area (Å²) >= 11 is 7.47. The highest BCUT2D eigenvalue weighted by atomic mass is 127. The van der Waals surface area contributed by atoms with E-state index in [4.69, 9.17) is 11.6 Å². The Morgan fingerprint density at radius 3 is 2.75 bits per heavy atom. The lowest BCUT2D eigenvalue weighted by atomic mass is 10.4. The molecule has 0 unspecified atom stereocenters. The van der Waals surface area contributed by atoms with Crippen molar-refractivity contribution in [3.63, 3.8) is 0 Å². The average Bonchev–Trinajstić information content (AvgIpc) is 3.02. The summed E-state index contributed by atoms with van der Waals surface area (Å²) < 4.78 is 27.1. The molecule has 0 saturated carbocycles. The second kappa shape index (κ2) is 11.9. The Kier molecular flexibility index (Phi) is 10.7. The number of sulfonamides is 1. The zero-order valence-electron chi connectivity index (χ0n) is 16.0. The lowest BCUT2D eigenvalue weighted by Crippen LogP contribution is -2.39. The minimum atomic E-state index is -3.61. The quantitative estimate of drug-likeness (QED) is 0.225. The highest BCUT2D eigenvalue weighted by Gasteiger charge is 2.14. The van der Waals surface area contributed by atoms with E-state index < -0.39 is 10.0 Å². The molecule has 28 heavy (non-hydrogen) atoms. The SMILES string of the molecule is CCNC(=NCCNS(=O)(=O)c1cccc(Cl)c1)N(C)Cc1csc(C)n1.I. The Morgan fingerprint density at radius 1 is 1.39 bits per heavy atom. The second-order valence-corrected chi connectivity index (χ2v) is 9.07. The number of benzene rings is 1. The number of aliphatic imine (C=N–C) groups is 1. The molecule has 11 heteroatoms. The van der Waals surface area contributed by atoms with Gasteiger partial charge in [-0.15, -0.1) is 35.3 Å². The van der Waals surface area contributed by atoms with Crippen LogP contribution in [0.2, 0.25) is 5.02 Å². The first-order chi connectivity index (χ1) is 12.8. The van der Waals surface area contributed by atoms with Crippen LogP contribution in [-0.2, 0) is 16.6 Å².